The van der Waals surface area contributed by atoms with E-state index in [0.29, 0.717) is 36.6 Å². The first-order valence-electron chi connectivity index (χ1n) is 16.9. The fraction of sp³-hybridized carbons (Fsp3) is 0.186. The summed E-state index contributed by atoms with van der Waals surface area (Å²) in [5.74, 6) is 0.0634. The van der Waals surface area contributed by atoms with Crippen LogP contribution in [0.1, 0.15) is 40.4 Å². The van der Waals surface area contributed by atoms with Crippen LogP contribution in [0.4, 0.5) is 5.69 Å². The first-order valence-corrected chi connectivity index (χ1v) is 16.9. The fourth-order valence-electron chi connectivity index (χ4n) is 6.19. The number of allylic oxidation sites excluding steroid dienone is 3. The van der Waals surface area contributed by atoms with E-state index in [1.54, 1.807) is 17.0 Å². The number of nitrogens with one attached hydrogen (secondary N) is 2. The quantitative estimate of drug-likeness (QED) is 0.162. The van der Waals surface area contributed by atoms with E-state index < -0.39 is 6.04 Å². The first-order chi connectivity index (χ1) is 24.3. The minimum Gasteiger partial charge on any atom is -0.488 e. The summed E-state index contributed by atoms with van der Waals surface area (Å²) >= 11 is 0. The number of likely N-dealkylation sites (tertiary alicyclic amines) is 1. The second-order valence-corrected chi connectivity index (χ2v) is 12.7. The molecule has 2 unspecified atom stereocenters. The Morgan fingerprint density at radius 2 is 1.54 bits per heavy atom. The van der Waals surface area contributed by atoms with E-state index in [-0.39, 0.29) is 36.1 Å². The van der Waals surface area contributed by atoms with Gasteiger partial charge in [0.1, 0.15) is 18.4 Å². The van der Waals surface area contributed by atoms with Gasteiger partial charge in [0.05, 0.1) is 18.0 Å². The minimum atomic E-state index is -0.660. The molecule has 7 heteroatoms. The monoisotopic (exact) mass is 663 g/mol. The summed E-state index contributed by atoms with van der Waals surface area (Å²) in [5.41, 5.74) is 5.86. The standard InChI is InChI=1S/C43H41N3O4/c1-30-25-26-46(40(47)28-33-11-5-3-6-12-33)41(30)43(49)45-38-24-21-34(27-31(38)2)18-17-32-19-22-36(23-20-32)44-42(48)37-15-9-10-16-39(37)50-29-35-13-7-4-8-14-35/h3-24,27,31,38,41H,1,25-26,28-29H2,2H3,(H,44,48)(H,45,49)/b18-17+/t31?,38?,41-/m0/s1. The molecule has 4 aromatic rings. The van der Waals surface area contributed by atoms with Crippen LogP contribution in [-0.4, -0.2) is 41.2 Å². The van der Waals surface area contributed by atoms with Gasteiger partial charge in [-0.05, 0) is 64.4 Å². The number of carbonyl (C=O) groups is 3. The Bertz CT molecular complexity index is 1930. The number of hydrogen-bond donors (Lipinski definition) is 2. The van der Waals surface area contributed by atoms with E-state index in [1.807, 2.05) is 121 Å². The molecule has 7 nitrogen and oxygen atoms in total. The molecule has 252 valence electrons. The zero-order chi connectivity index (χ0) is 34.9. The van der Waals surface area contributed by atoms with Gasteiger partial charge in [-0.2, -0.15) is 0 Å². The molecule has 50 heavy (non-hydrogen) atoms. The number of ether oxygens (including phenoxy) is 1. The average Bonchev–Trinajstić information content (AvgIpc) is 3.54. The van der Waals surface area contributed by atoms with Crippen molar-refractivity contribution < 1.29 is 19.1 Å². The highest BCUT2D eigenvalue weighted by Crippen LogP contribution is 2.26. The fourth-order valence-corrected chi connectivity index (χ4v) is 6.19. The lowest BCUT2D eigenvalue weighted by Crippen LogP contribution is -2.50. The maximum Gasteiger partial charge on any atom is 0.259 e. The number of hydrogen-bond acceptors (Lipinski definition) is 4. The third-order valence-electron chi connectivity index (χ3n) is 8.97. The van der Waals surface area contributed by atoms with Crippen molar-refractivity contribution in [3.63, 3.8) is 0 Å². The summed E-state index contributed by atoms with van der Waals surface area (Å²) in [6.45, 7) is 7.04. The lowest BCUT2D eigenvalue weighted by atomic mass is 9.92. The van der Waals surface area contributed by atoms with Crippen LogP contribution in [0.25, 0.3) is 6.08 Å². The zero-order valence-electron chi connectivity index (χ0n) is 28.1. The van der Waals surface area contributed by atoms with Crippen LogP contribution >= 0.6 is 0 Å². The SMILES string of the molecule is C=C1CCN(C(=O)Cc2ccccc2)[C@@H]1C(=O)NC1C=CC(/C=C/c2ccc(NC(=O)c3ccccc3OCc3ccccc3)cc2)=CC1C. The molecule has 1 heterocycles. The number of amides is 3. The summed E-state index contributed by atoms with van der Waals surface area (Å²) in [4.78, 5) is 41.3. The van der Waals surface area contributed by atoms with Gasteiger partial charge in [0.25, 0.3) is 5.91 Å². The van der Waals surface area contributed by atoms with Crippen molar-refractivity contribution in [1.29, 1.82) is 0 Å². The topological polar surface area (TPSA) is 87.7 Å². The van der Waals surface area contributed by atoms with E-state index >= 15 is 0 Å². The second-order valence-electron chi connectivity index (χ2n) is 12.7. The zero-order valence-corrected chi connectivity index (χ0v) is 28.1. The number of nitrogens with zero attached hydrogens (tertiary/aromatic N) is 1. The Labute approximate surface area is 293 Å². The Balaban J connectivity index is 1.01. The van der Waals surface area contributed by atoms with Gasteiger partial charge in [0.15, 0.2) is 0 Å². The number of anilines is 1. The van der Waals surface area contributed by atoms with Crippen molar-refractivity contribution in [2.24, 2.45) is 5.92 Å². The molecule has 1 aliphatic carbocycles. The molecule has 3 atom stereocenters. The summed E-state index contributed by atoms with van der Waals surface area (Å²) in [6.07, 6.45) is 11.0. The van der Waals surface area contributed by atoms with Gasteiger partial charge in [-0.25, -0.2) is 0 Å². The summed E-state index contributed by atoms with van der Waals surface area (Å²) in [7, 11) is 0. The van der Waals surface area contributed by atoms with Crippen LogP contribution in [0.2, 0.25) is 0 Å². The first kappa shape index (κ1) is 33.9. The molecule has 2 aliphatic rings. The summed E-state index contributed by atoms with van der Waals surface area (Å²) in [6, 6.07) is 33.4. The highest BCUT2D eigenvalue weighted by atomic mass is 16.5. The largest absolute Gasteiger partial charge is 0.488 e. The number of carbonyl (C=O) groups excluding carboxylic acids is 3. The van der Waals surface area contributed by atoms with Crippen LogP contribution in [0.3, 0.4) is 0 Å². The van der Waals surface area contributed by atoms with Gasteiger partial charge in [0.2, 0.25) is 11.8 Å². The van der Waals surface area contributed by atoms with Crippen molar-refractivity contribution in [3.05, 3.63) is 173 Å². The lowest BCUT2D eigenvalue weighted by Gasteiger charge is -2.29. The molecule has 0 radical (unpaired) electrons. The number of para-hydroxylation sites is 1. The molecular formula is C43H41N3O4. The smallest absolute Gasteiger partial charge is 0.259 e. The molecule has 0 saturated carbocycles. The second kappa shape index (κ2) is 16.0. The highest BCUT2D eigenvalue weighted by Gasteiger charge is 2.37. The van der Waals surface area contributed by atoms with E-state index in [9.17, 15) is 14.4 Å². The van der Waals surface area contributed by atoms with Gasteiger partial charge in [-0.1, -0.05) is 129 Å². The molecule has 1 saturated heterocycles. The lowest BCUT2D eigenvalue weighted by molar-refractivity contribution is -0.137. The van der Waals surface area contributed by atoms with Gasteiger partial charge >= 0.3 is 0 Å². The van der Waals surface area contributed by atoms with Crippen molar-refractivity contribution in [2.75, 3.05) is 11.9 Å². The Morgan fingerprint density at radius 1 is 0.860 bits per heavy atom. The number of rotatable bonds is 11. The Hall–Kier alpha value is -5.95. The predicted molar refractivity (Wildman–Crippen MR) is 198 cm³/mol. The van der Waals surface area contributed by atoms with E-state index in [1.165, 1.54) is 0 Å². The van der Waals surface area contributed by atoms with E-state index in [2.05, 4.69) is 30.2 Å². The molecule has 1 fully saturated rings. The van der Waals surface area contributed by atoms with Crippen LogP contribution in [0, 0.1) is 5.92 Å². The molecule has 1 aliphatic heterocycles. The maximum atomic E-state index is 13.4. The minimum absolute atomic E-state index is 0.0453. The molecule has 0 bridgehead atoms. The third kappa shape index (κ3) is 8.55. The van der Waals surface area contributed by atoms with Crippen LogP contribution in [0.15, 0.2) is 151 Å². The average molecular weight is 664 g/mol. The molecule has 3 amide bonds. The summed E-state index contributed by atoms with van der Waals surface area (Å²) < 4.78 is 5.96. The third-order valence-corrected chi connectivity index (χ3v) is 8.97. The summed E-state index contributed by atoms with van der Waals surface area (Å²) in [5, 5.41) is 6.11. The molecule has 0 spiro atoms. The van der Waals surface area contributed by atoms with Crippen molar-refractivity contribution in [3.8, 4) is 5.75 Å². The Morgan fingerprint density at radius 3 is 2.26 bits per heavy atom. The molecule has 2 N–H and O–H groups in total. The van der Waals surface area contributed by atoms with Crippen molar-refractivity contribution >= 4 is 29.5 Å². The normalized spacial score (nSPS) is 18.5. The molecule has 4 aromatic carbocycles. The highest BCUT2D eigenvalue weighted by molar-refractivity contribution is 6.06. The van der Waals surface area contributed by atoms with Gasteiger partial charge < -0.3 is 20.3 Å². The molecular weight excluding hydrogens is 622 g/mol. The predicted octanol–water partition coefficient (Wildman–Crippen LogP) is 7.55. The molecule has 6 rings (SSSR count). The van der Waals surface area contributed by atoms with Crippen molar-refractivity contribution in [2.45, 2.75) is 38.5 Å². The van der Waals surface area contributed by atoms with E-state index in [0.717, 1.165) is 27.8 Å². The molecule has 0 aromatic heterocycles. The Kier molecular flexibility index (Phi) is 10.8. The van der Waals surface area contributed by atoms with E-state index in [4.69, 9.17) is 4.74 Å². The van der Waals surface area contributed by atoms with Crippen molar-refractivity contribution in [1.82, 2.24) is 10.2 Å². The number of benzene rings is 4. The van der Waals surface area contributed by atoms with Gasteiger partial charge in [0, 0.05) is 12.2 Å². The van der Waals surface area contributed by atoms with Crippen LogP contribution in [0.5, 0.6) is 5.75 Å². The van der Waals surface area contributed by atoms with Gasteiger partial charge in [-0.3, -0.25) is 14.4 Å². The van der Waals surface area contributed by atoms with Crippen LogP contribution < -0.4 is 15.4 Å². The van der Waals surface area contributed by atoms with Crippen LogP contribution in [-0.2, 0) is 22.6 Å². The maximum absolute atomic E-state index is 13.4. The van der Waals surface area contributed by atoms with Gasteiger partial charge in [-0.15, -0.1) is 0 Å².